The maximum absolute atomic E-state index is 12.7. The zero-order valence-electron chi connectivity index (χ0n) is 45.1. The monoisotopic (exact) mass is 1130 g/mol. The van der Waals surface area contributed by atoms with Crippen molar-refractivity contribution in [1.29, 1.82) is 0 Å². The normalized spacial score (nSPS) is 15.5. The lowest BCUT2D eigenvalue weighted by Crippen LogP contribution is -2.36. The van der Waals surface area contributed by atoms with Crippen molar-refractivity contribution in [3.63, 3.8) is 0 Å². The first-order valence-electron chi connectivity index (χ1n) is 27.2. The van der Waals surface area contributed by atoms with Crippen LogP contribution in [0.5, 0.6) is 5.75 Å². The summed E-state index contributed by atoms with van der Waals surface area (Å²) in [6.07, 6.45) is 13.9. The van der Waals surface area contributed by atoms with Gasteiger partial charge < -0.3 is 66.4 Å². The number of hydrogen-bond acceptors (Lipinski definition) is 16. The largest absolute Gasteiger partial charge is 0.486 e. The third-order valence-corrected chi connectivity index (χ3v) is 14.4. The number of rotatable bonds is 39. The minimum absolute atomic E-state index is 0.0614. The summed E-state index contributed by atoms with van der Waals surface area (Å²) in [4.78, 5) is 76.0. The molecular formula is C56H77ClN12O9S. The van der Waals surface area contributed by atoms with Crippen LogP contribution in [-0.2, 0) is 40.0 Å². The quantitative estimate of drug-likeness (QED) is 0.0129. The van der Waals surface area contributed by atoms with Gasteiger partial charge in [0.05, 0.1) is 49.2 Å². The third-order valence-electron chi connectivity index (χ3n) is 12.6. The van der Waals surface area contributed by atoms with Gasteiger partial charge in [-0.1, -0.05) is 36.2 Å². The average molecular weight is 1130 g/mol. The number of carbonyl (C=O) groups excluding carboxylic acids is 5. The fourth-order valence-electron chi connectivity index (χ4n) is 8.44. The van der Waals surface area contributed by atoms with E-state index >= 15 is 0 Å². The zero-order valence-corrected chi connectivity index (χ0v) is 46.7. The van der Waals surface area contributed by atoms with Crippen LogP contribution in [0.25, 0.3) is 0 Å². The molecule has 4 heterocycles. The minimum Gasteiger partial charge on any atom is -0.486 e. The Kier molecular flexibility index (Phi) is 28.0. The number of aromatic nitrogens is 3. The van der Waals surface area contributed by atoms with Crippen LogP contribution < -0.4 is 47.3 Å². The summed E-state index contributed by atoms with van der Waals surface area (Å²) in [6, 6.07) is 20.5. The predicted octanol–water partition coefficient (Wildman–Crippen LogP) is 6.87. The summed E-state index contributed by atoms with van der Waals surface area (Å²) in [5, 5.41) is 25.0. The van der Waals surface area contributed by atoms with Gasteiger partial charge in [-0.3, -0.25) is 24.2 Å². The molecule has 0 spiro atoms. The molecule has 2 aromatic carbocycles. The van der Waals surface area contributed by atoms with E-state index in [1.54, 1.807) is 30.5 Å². The number of ether oxygens (including phenoxy) is 4. The van der Waals surface area contributed by atoms with E-state index in [1.807, 2.05) is 67.4 Å². The lowest BCUT2D eigenvalue weighted by Gasteiger charge is -2.16. The number of fused-ring (bicyclic) bond motifs is 1. The first-order chi connectivity index (χ1) is 38.6. The second kappa shape index (κ2) is 35.8. The van der Waals surface area contributed by atoms with Crippen molar-refractivity contribution in [3.05, 3.63) is 102 Å². The molecule has 3 atom stereocenters. The Bertz CT molecular complexity index is 2540. The lowest BCUT2D eigenvalue weighted by molar-refractivity contribution is -0.123. The topological polar surface area (TPSA) is 260 Å². The molecule has 0 bridgehead atoms. The van der Waals surface area contributed by atoms with Gasteiger partial charge in [-0.05, 0) is 107 Å². The van der Waals surface area contributed by atoms with Crippen LogP contribution >= 0.6 is 23.4 Å². The van der Waals surface area contributed by atoms with Crippen LogP contribution in [0.15, 0.2) is 91.4 Å². The molecule has 0 saturated carbocycles. The van der Waals surface area contributed by atoms with Crippen molar-refractivity contribution in [2.24, 2.45) is 0 Å². The van der Waals surface area contributed by atoms with Gasteiger partial charge in [0.25, 0.3) is 0 Å². The zero-order chi connectivity index (χ0) is 55.7. The van der Waals surface area contributed by atoms with Gasteiger partial charge in [-0.25, -0.2) is 14.8 Å². The number of unbranched alkanes of at least 4 members (excludes halogenated alkanes) is 2. The summed E-state index contributed by atoms with van der Waals surface area (Å²) in [7, 11) is 1.98. The van der Waals surface area contributed by atoms with Crippen LogP contribution in [0.4, 0.5) is 33.5 Å². The van der Waals surface area contributed by atoms with Crippen LogP contribution in [0.2, 0.25) is 5.02 Å². The Hall–Kier alpha value is -6.56. The first-order valence-corrected chi connectivity index (χ1v) is 28.7. The Morgan fingerprint density at radius 2 is 1.37 bits per heavy atom. The molecule has 2 fully saturated rings. The molecule has 2 aliphatic rings. The number of hydrogen-bond donors (Lipinski definition) is 8. The van der Waals surface area contributed by atoms with Gasteiger partial charge in [0.2, 0.25) is 23.6 Å². The fraction of sp³-hybridized carbons (Fsp3) is 0.500. The van der Waals surface area contributed by atoms with Crippen molar-refractivity contribution < 1.29 is 42.9 Å². The first kappa shape index (κ1) is 61.6. The Morgan fingerprint density at radius 3 is 2.05 bits per heavy atom. The molecule has 6 rings (SSSR count). The molecule has 23 heteroatoms. The van der Waals surface area contributed by atoms with Crippen molar-refractivity contribution in [1.82, 2.24) is 46.4 Å². The fourth-order valence-corrected chi connectivity index (χ4v) is 10.2. The highest BCUT2D eigenvalue weighted by Gasteiger charge is 2.42. The second-order valence-electron chi connectivity index (χ2n) is 19.1. The van der Waals surface area contributed by atoms with E-state index in [2.05, 4.69) is 62.4 Å². The van der Waals surface area contributed by atoms with Crippen molar-refractivity contribution >= 4 is 81.7 Å². The number of benzene rings is 2. The summed E-state index contributed by atoms with van der Waals surface area (Å²) >= 11 is 8.39. The molecule has 79 heavy (non-hydrogen) atoms. The van der Waals surface area contributed by atoms with E-state index in [9.17, 15) is 24.0 Å². The summed E-state index contributed by atoms with van der Waals surface area (Å²) < 4.78 is 22.6. The van der Waals surface area contributed by atoms with Crippen molar-refractivity contribution in [3.8, 4) is 5.75 Å². The molecule has 2 saturated heterocycles. The number of anilines is 5. The number of amides is 6. The number of nitrogens with one attached hydrogen (secondary N) is 8. The van der Waals surface area contributed by atoms with Crippen LogP contribution in [0.1, 0.15) is 76.3 Å². The van der Waals surface area contributed by atoms with E-state index in [4.69, 9.17) is 30.5 Å². The molecule has 8 N–H and O–H groups in total. The van der Waals surface area contributed by atoms with Crippen LogP contribution in [0.3, 0.4) is 0 Å². The van der Waals surface area contributed by atoms with E-state index in [1.165, 1.54) is 12.4 Å². The van der Waals surface area contributed by atoms with E-state index < -0.39 is 0 Å². The van der Waals surface area contributed by atoms with Gasteiger partial charge in [0.15, 0.2) is 0 Å². The van der Waals surface area contributed by atoms with Gasteiger partial charge in [0.1, 0.15) is 30.3 Å². The van der Waals surface area contributed by atoms with E-state index in [0.717, 1.165) is 67.9 Å². The molecule has 0 aliphatic carbocycles. The molecule has 2 aromatic heterocycles. The minimum atomic E-state index is -0.252. The Balaban J connectivity index is 0.681. The maximum atomic E-state index is 12.7. The Labute approximate surface area is 472 Å². The van der Waals surface area contributed by atoms with Crippen molar-refractivity contribution in [2.45, 2.75) is 94.6 Å². The molecular weight excluding hydrogens is 1050 g/mol. The van der Waals surface area contributed by atoms with Gasteiger partial charge in [0, 0.05) is 105 Å². The summed E-state index contributed by atoms with van der Waals surface area (Å²) in [5.74, 6) is 2.24. The number of likely N-dealkylation sites (N-methyl/N-ethyl adjacent to an activating group) is 1. The predicted molar refractivity (Wildman–Crippen MR) is 308 cm³/mol. The van der Waals surface area contributed by atoms with Crippen LogP contribution in [-0.4, -0.2) is 152 Å². The summed E-state index contributed by atoms with van der Waals surface area (Å²) in [6.45, 7) is 6.19. The number of nitrogens with zero attached hydrogens (tertiary/aromatic N) is 4. The highest BCUT2D eigenvalue weighted by atomic mass is 35.5. The number of urea groups is 1. The second-order valence-corrected chi connectivity index (χ2v) is 20.7. The number of thioether (sulfide) groups is 1. The molecule has 6 amide bonds. The van der Waals surface area contributed by atoms with Gasteiger partial charge in [-0.2, -0.15) is 11.8 Å². The van der Waals surface area contributed by atoms with Gasteiger partial charge >= 0.3 is 6.03 Å². The highest BCUT2D eigenvalue weighted by molar-refractivity contribution is 8.00. The molecule has 428 valence electrons. The standard InChI is InChI=1S/C56H77ClN12O9S/c1-69(28-10-20-54(73)66-42-15-8-14-41(35-42)64-49-37-50(63-40-62-49)65-43-21-22-47(45(57)36-43)78-38-44-13-4-5-23-58-44)27-7-6-24-59-52(71)18-9-19-53(72)61-26-12-30-76-32-34-77-33-31-75-29-11-25-60-51(70)17-3-2-16-48-55-46(39-79-48)67-56(74)68-55/h4-5,8,10,13-15,20-23,35-37,40,46,48,55H,2-3,6-7,9,11-12,16-19,24-34,38-39H2,1H3,(H,59,71)(H,60,70)(H,61,72)(H,66,73)(H2,67,68,74)(H2,62,63,64,65). The third kappa shape index (κ3) is 25.0. The van der Waals surface area contributed by atoms with E-state index in [0.29, 0.717) is 125 Å². The number of pyridine rings is 1. The lowest BCUT2D eigenvalue weighted by atomic mass is 10.0. The molecule has 4 aromatic rings. The van der Waals surface area contributed by atoms with Crippen molar-refractivity contribution in [2.75, 3.05) is 101 Å². The molecule has 2 aliphatic heterocycles. The molecule has 3 unspecified atom stereocenters. The van der Waals surface area contributed by atoms with Gasteiger partial charge in [-0.15, -0.1) is 0 Å². The number of halogens is 1. The molecule has 21 nitrogen and oxygen atoms in total. The maximum Gasteiger partial charge on any atom is 0.315 e. The molecule has 0 radical (unpaired) electrons. The van der Waals surface area contributed by atoms with E-state index in [-0.39, 0.29) is 54.6 Å². The SMILES string of the molecule is CN(CC=CC(=O)Nc1cccc(Nc2cc(Nc3ccc(OCc4ccccn4)c(Cl)c3)ncn2)c1)CCCCNC(=O)CCCC(=O)NCCCOCCOCCOCCCNC(=O)CCCCC1SCC2NC(=O)NC21. The number of carbonyl (C=O) groups is 5. The highest BCUT2D eigenvalue weighted by Crippen LogP contribution is 2.33. The Morgan fingerprint density at radius 1 is 0.709 bits per heavy atom. The smallest absolute Gasteiger partial charge is 0.315 e. The summed E-state index contributed by atoms with van der Waals surface area (Å²) in [5.41, 5.74) is 2.86. The average Bonchev–Trinajstić information content (AvgIpc) is 4.05. The van der Waals surface area contributed by atoms with Crippen LogP contribution in [0, 0.1) is 0 Å².